The maximum absolute atomic E-state index is 11.9. The van der Waals surface area contributed by atoms with E-state index in [-0.39, 0.29) is 17.9 Å². The maximum atomic E-state index is 11.9. The Kier molecular flexibility index (Phi) is 2.58. The minimum absolute atomic E-state index is 0.152. The van der Waals surface area contributed by atoms with Gasteiger partial charge >= 0.3 is 0 Å². The van der Waals surface area contributed by atoms with Crippen LogP contribution < -0.4 is 10.2 Å². The van der Waals surface area contributed by atoms with Gasteiger partial charge in [-0.05, 0) is 37.0 Å². The number of carbonyl (C=O) groups excluding carboxylic acids is 2. The van der Waals surface area contributed by atoms with Gasteiger partial charge in [0.05, 0.1) is 0 Å². The lowest BCUT2D eigenvalue weighted by Crippen LogP contribution is -2.52. The fourth-order valence-corrected chi connectivity index (χ4v) is 2.94. The SMILES string of the molecule is Cc1cccc2c1CCN2[C@H]1CCC(=O)NC1=O. The summed E-state index contributed by atoms with van der Waals surface area (Å²) in [5, 5.41) is 2.43. The zero-order valence-electron chi connectivity index (χ0n) is 10.4. The Morgan fingerprint density at radius 1 is 1.28 bits per heavy atom. The molecule has 1 aromatic rings. The van der Waals surface area contributed by atoms with Crippen molar-refractivity contribution in [3.05, 3.63) is 29.3 Å². The van der Waals surface area contributed by atoms with Gasteiger partial charge in [0.15, 0.2) is 0 Å². The largest absolute Gasteiger partial charge is 0.359 e. The lowest BCUT2D eigenvalue weighted by atomic mass is 10.0. The average Bonchev–Trinajstić information content (AvgIpc) is 2.74. The molecule has 94 valence electrons. The number of rotatable bonds is 1. The third-order valence-corrected chi connectivity index (χ3v) is 3.88. The Bertz CT molecular complexity index is 525. The molecule has 4 nitrogen and oxygen atoms in total. The molecule has 0 aromatic heterocycles. The van der Waals surface area contributed by atoms with Crippen LogP contribution in [0.25, 0.3) is 0 Å². The first kappa shape index (κ1) is 11.3. The lowest BCUT2D eigenvalue weighted by Gasteiger charge is -2.31. The number of benzene rings is 1. The molecule has 0 unspecified atom stereocenters. The molecular formula is C14H16N2O2. The number of fused-ring (bicyclic) bond motifs is 1. The van der Waals surface area contributed by atoms with Crippen LogP contribution in [-0.4, -0.2) is 24.4 Å². The van der Waals surface area contributed by atoms with E-state index in [0.717, 1.165) is 18.7 Å². The van der Waals surface area contributed by atoms with E-state index in [1.807, 2.05) is 6.07 Å². The molecule has 0 bridgehead atoms. The lowest BCUT2D eigenvalue weighted by molar-refractivity contribution is -0.134. The number of nitrogens with zero attached hydrogens (tertiary/aromatic N) is 1. The minimum atomic E-state index is -0.189. The molecular weight excluding hydrogens is 228 g/mol. The van der Waals surface area contributed by atoms with Crippen LogP contribution in [-0.2, 0) is 16.0 Å². The highest BCUT2D eigenvalue weighted by Gasteiger charge is 2.35. The minimum Gasteiger partial charge on any atom is -0.359 e. The predicted octanol–water partition coefficient (Wildman–Crippen LogP) is 1.16. The van der Waals surface area contributed by atoms with Crippen molar-refractivity contribution in [2.45, 2.75) is 32.2 Å². The molecule has 1 atom stereocenters. The van der Waals surface area contributed by atoms with Gasteiger partial charge in [0.1, 0.15) is 6.04 Å². The van der Waals surface area contributed by atoms with Crippen LogP contribution in [0.3, 0.4) is 0 Å². The predicted molar refractivity (Wildman–Crippen MR) is 68.4 cm³/mol. The topological polar surface area (TPSA) is 49.4 Å². The molecule has 2 aliphatic rings. The summed E-state index contributed by atoms with van der Waals surface area (Å²) in [6.45, 7) is 2.97. The maximum Gasteiger partial charge on any atom is 0.249 e. The van der Waals surface area contributed by atoms with E-state index in [9.17, 15) is 9.59 Å². The molecule has 0 saturated carbocycles. The van der Waals surface area contributed by atoms with Crippen LogP contribution >= 0.6 is 0 Å². The van der Waals surface area contributed by atoms with E-state index >= 15 is 0 Å². The fraction of sp³-hybridized carbons (Fsp3) is 0.429. The van der Waals surface area contributed by atoms with E-state index in [2.05, 4.69) is 29.3 Å². The van der Waals surface area contributed by atoms with Crippen molar-refractivity contribution in [2.75, 3.05) is 11.4 Å². The highest BCUT2D eigenvalue weighted by Crippen LogP contribution is 2.33. The summed E-state index contributed by atoms with van der Waals surface area (Å²) in [6.07, 6.45) is 2.05. The second-order valence-corrected chi connectivity index (χ2v) is 4.98. The summed E-state index contributed by atoms with van der Waals surface area (Å²) in [7, 11) is 0. The van der Waals surface area contributed by atoms with E-state index in [1.165, 1.54) is 11.1 Å². The zero-order chi connectivity index (χ0) is 12.7. The Morgan fingerprint density at radius 2 is 2.11 bits per heavy atom. The molecule has 4 heteroatoms. The molecule has 0 spiro atoms. The molecule has 0 radical (unpaired) electrons. The molecule has 1 saturated heterocycles. The normalized spacial score (nSPS) is 22.9. The summed E-state index contributed by atoms with van der Waals surface area (Å²) in [4.78, 5) is 25.2. The first-order valence-corrected chi connectivity index (χ1v) is 6.35. The summed E-state index contributed by atoms with van der Waals surface area (Å²) in [5.41, 5.74) is 3.77. The quantitative estimate of drug-likeness (QED) is 0.754. The summed E-state index contributed by atoms with van der Waals surface area (Å²) in [6, 6.07) is 6.01. The Labute approximate surface area is 106 Å². The monoisotopic (exact) mass is 244 g/mol. The summed E-state index contributed by atoms with van der Waals surface area (Å²) >= 11 is 0. The van der Waals surface area contributed by atoms with Crippen molar-refractivity contribution in [3.63, 3.8) is 0 Å². The molecule has 1 aromatic carbocycles. The van der Waals surface area contributed by atoms with Crippen molar-refractivity contribution in [3.8, 4) is 0 Å². The van der Waals surface area contributed by atoms with Crippen molar-refractivity contribution in [1.82, 2.24) is 5.32 Å². The number of hydrogen-bond acceptors (Lipinski definition) is 3. The zero-order valence-corrected chi connectivity index (χ0v) is 10.4. The van der Waals surface area contributed by atoms with Gasteiger partial charge in [0.2, 0.25) is 11.8 Å². The summed E-state index contributed by atoms with van der Waals surface area (Å²) < 4.78 is 0. The molecule has 2 amide bonds. The number of hydrogen-bond donors (Lipinski definition) is 1. The molecule has 18 heavy (non-hydrogen) atoms. The van der Waals surface area contributed by atoms with Crippen LogP contribution in [0.2, 0.25) is 0 Å². The third-order valence-electron chi connectivity index (χ3n) is 3.88. The van der Waals surface area contributed by atoms with Crippen LogP contribution in [0, 0.1) is 6.92 Å². The van der Waals surface area contributed by atoms with Crippen molar-refractivity contribution in [2.24, 2.45) is 0 Å². The van der Waals surface area contributed by atoms with Crippen LogP contribution in [0.4, 0.5) is 5.69 Å². The van der Waals surface area contributed by atoms with Gasteiger partial charge in [-0.2, -0.15) is 0 Å². The van der Waals surface area contributed by atoms with Crippen molar-refractivity contribution < 1.29 is 9.59 Å². The van der Waals surface area contributed by atoms with Gasteiger partial charge in [-0.1, -0.05) is 12.1 Å². The first-order valence-electron chi connectivity index (χ1n) is 6.35. The highest BCUT2D eigenvalue weighted by molar-refractivity contribution is 6.01. The molecule has 0 aliphatic carbocycles. The Hall–Kier alpha value is -1.84. The smallest absolute Gasteiger partial charge is 0.249 e. The molecule has 2 heterocycles. The van der Waals surface area contributed by atoms with Gasteiger partial charge in [-0.3, -0.25) is 14.9 Å². The van der Waals surface area contributed by atoms with Gasteiger partial charge in [0, 0.05) is 18.7 Å². The first-order chi connectivity index (χ1) is 8.66. The molecule has 2 aliphatic heterocycles. The number of carbonyl (C=O) groups is 2. The third kappa shape index (κ3) is 1.68. The number of imide groups is 1. The number of piperidine rings is 1. The molecule has 1 fully saturated rings. The Morgan fingerprint density at radius 3 is 2.89 bits per heavy atom. The van der Waals surface area contributed by atoms with Crippen molar-refractivity contribution >= 4 is 17.5 Å². The van der Waals surface area contributed by atoms with Crippen molar-refractivity contribution in [1.29, 1.82) is 0 Å². The van der Waals surface area contributed by atoms with E-state index in [1.54, 1.807) is 0 Å². The van der Waals surface area contributed by atoms with E-state index in [4.69, 9.17) is 0 Å². The number of nitrogens with one attached hydrogen (secondary N) is 1. The fourth-order valence-electron chi connectivity index (χ4n) is 2.94. The molecule has 1 N–H and O–H groups in total. The van der Waals surface area contributed by atoms with Gasteiger partial charge in [-0.25, -0.2) is 0 Å². The van der Waals surface area contributed by atoms with Gasteiger partial charge in [0.25, 0.3) is 0 Å². The second-order valence-electron chi connectivity index (χ2n) is 4.98. The second kappa shape index (κ2) is 4.12. The average molecular weight is 244 g/mol. The Balaban J connectivity index is 1.90. The number of aryl methyl sites for hydroxylation is 1. The van der Waals surface area contributed by atoms with Gasteiger partial charge < -0.3 is 4.90 Å². The van der Waals surface area contributed by atoms with E-state index < -0.39 is 0 Å². The van der Waals surface area contributed by atoms with Crippen LogP contribution in [0.1, 0.15) is 24.0 Å². The standard InChI is InChI=1S/C14H16N2O2/c1-9-3-2-4-11-10(9)7-8-16(11)12-5-6-13(17)15-14(12)18/h2-4,12H,5-8H2,1H3,(H,15,17,18)/t12-/m0/s1. The van der Waals surface area contributed by atoms with Gasteiger partial charge in [-0.15, -0.1) is 0 Å². The van der Waals surface area contributed by atoms with Crippen LogP contribution in [0.15, 0.2) is 18.2 Å². The van der Waals surface area contributed by atoms with Crippen LogP contribution in [0.5, 0.6) is 0 Å². The summed E-state index contributed by atoms with van der Waals surface area (Å²) in [5.74, 6) is -0.305. The number of anilines is 1. The van der Waals surface area contributed by atoms with E-state index in [0.29, 0.717) is 12.8 Å². The highest BCUT2D eigenvalue weighted by atomic mass is 16.2. The molecule has 3 rings (SSSR count). The number of amides is 2.